The minimum Gasteiger partial charge on any atom is -0.444 e. The number of nitrogens with zero attached hydrogens (tertiary/aromatic N) is 1. The first-order valence-corrected chi connectivity index (χ1v) is 6.32. The van der Waals surface area contributed by atoms with Crippen molar-refractivity contribution in [1.29, 1.82) is 0 Å². The lowest BCUT2D eigenvalue weighted by Gasteiger charge is -2.29. The van der Waals surface area contributed by atoms with Crippen LogP contribution in [0, 0.1) is 5.92 Å². The molecule has 4 heteroatoms. The van der Waals surface area contributed by atoms with E-state index in [1.54, 1.807) is 4.90 Å². The summed E-state index contributed by atoms with van der Waals surface area (Å²) in [5.74, 6) is 0.424. The molecule has 0 unspecified atom stereocenters. The molecule has 0 N–H and O–H groups in total. The summed E-state index contributed by atoms with van der Waals surface area (Å²) < 4.78 is 5.36. The van der Waals surface area contributed by atoms with Crippen molar-refractivity contribution in [3.63, 3.8) is 0 Å². The van der Waals surface area contributed by atoms with Crippen LogP contribution in [0.1, 0.15) is 47.0 Å². The van der Waals surface area contributed by atoms with E-state index in [9.17, 15) is 9.59 Å². The number of carbonyl (C=O) groups excluding carboxylic acids is 2. The zero-order valence-corrected chi connectivity index (χ0v) is 11.2. The molecule has 1 saturated heterocycles. The smallest absolute Gasteiger partial charge is 0.410 e. The van der Waals surface area contributed by atoms with Crippen LogP contribution in [-0.2, 0) is 9.53 Å². The molecule has 98 valence electrons. The third-order valence-electron chi connectivity index (χ3n) is 3.18. The number of rotatable bonds is 3. The molecule has 1 amide bonds. The summed E-state index contributed by atoms with van der Waals surface area (Å²) in [5.41, 5.74) is -0.479. The molecule has 1 fully saturated rings. The van der Waals surface area contributed by atoms with E-state index in [4.69, 9.17) is 4.74 Å². The minimum atomic E-state index is -0.479. The lowest BCUT2D eigenvalue weighted by molar-refractivity contribution is -0.108. The second-order valence-electron chi connectivity index (χ2n) is 5.60. The lowest BCUT2D eigenvalue weighted by atomic mass is 9.96. The van der Waals surface area contributed by atoms with Gasteiger partial charge in [0.1, 0.15) is 11.9 Å². The van der Waals surface area contributed by atoms with Gasteiger partial charge in [-0.3, -0.25) is 0 Å². The SMILES string of the molecule is CC[C@@H]1CCN(C(=O)OC(C)(C)C)[C@H]1CC=O. The van der Waals surface area contributed by atoms with E-state index in [1.165, 1.54) is 0 Å². The molecule has 1 rings (SSSR count). The number of amides is 1. The number of hydrogen-bond donors (Lipinski definition) is 0. The Morgan fingerprint density at radius 3 is 2.59 bits per heavy atom. The topological polar surface area (TPSA) is 46.6 Å². The quantitative estimate of drug-likeness (QED) is 0.713. The van der Waals surface area contributed by atoms with Crippen molar-refractivity contribution >= 4 is 12.4 Å². The molecule has 0 aliphatic carbocycles. The molecule has 0 aromatic carbocycles. The van der Waals surface area contributed by atoms with Crippen molar-refractivity contribution in [1.82, 2.24) is 4.90 Å². The molecular weight excluding hydrogens is 218 g/mol. The van der Waals surface area contributed by atoms with E-state index >= 15 is 0 Å². The van der Waals surface area contributed by atoms with Crippen molar-refractivity contribution in [2.24, 2.45) is 5.92 Å². The third kappa shape index (κ3) is 3.72. The summed E-state index contributed by atoms with van der Waals surface area (Å²) in [6.45, 7) is 8.36. The van der Waals surface area contributed by atoms with Gasteiger partial charge in [-0.05, 0) is 33.1 Å². The Hall–Kier alpha value is -1.06. The van der Waals surface area contributed by atoms with Crippen LogP contribution in [0.25, 0.3) is 0 Å². The van der Waals surface area contributed by atoms with Crippen molar-refractivity contribution in [3.8, 4) is 0 Å². The molecule has 1 aliphatic rings. The van der Waals surface area contributed by atoms with Crippen molar-refractivity contribution in [2.75, 3.05) is 6.54 Å². The number of likely N-dealkylation sites (tertiary alicyclic amines) is 1. The van der Waals surface area contributed by atoms with Crippen LogP contribution in [-0.4, -0.2) is 35.5 Å². The van der Waals surface area contributed by atoms with Crippen molar-refractivity contribution in [3.05, 3.63) is 0 Å². The first-order valence-electron chi connectivity index (χ1n) is 6.32. The number of aldehydes is 1. The molecule has 0 bridgehead atoms. The van der Waals surface area contributed by atoms with Crippen LogP contribution in [0.4, 0.5) is 4.79 Å². The fourth-order valence-electron chi connectivity index (χ4n) is 2.36. The summed E-state index contributed by atoms with van der Waals surface area (Å²) in [7, 11) is 0. The molecule has 0 radical (unpaired) electrons. The zero-order valence-electron chi connectivity index (χ0n) is 11.2. The van der Waals surface area contributed by atoms with Gasteiger partial charge in [0, 0.05) is 19.0 Å². The van der Waals surface area contributed by atoms with E-state index in [0.29, 0.717) is 18.9 Å². The second-order valence-corrected chi connectivity index (χ2v) is 5.60. The Morgan fingerprint density at radius 2 is 2.12 bits per heavy atom. The van der Waals surface area contributed by atoms with Gasteiger partial charge in [0.05, 0.1) is 0 Å². The fourth-order valence-corrected chi connectivity index (χ4v) is 2.36. The molecule has 1 heterocycles. The Bertz CT molecular complexity index is 283. The van der Waals surface area contributed by atoms with E-state index in [0.717, 1.165) is 19.1 Å². The average molecular weight is 241 g/mol. The summed E-state index contributed by atoms with van der Waals surface area (Å²) >= 11 is 0. The van der Waals surface area contributed by atoms with Gasteiger partial charge in [0.15, 0.2) is 0 Å². The van der Waals surface area contributed by atoms with Crippen LogP contribution in [0.5, 0.6) is 0 Å². The molecule has 0 aromatic heterocycles. The monoisotopic (exact) mass is 241 g/mol. The van der Waals surface area contributed by atoms with E-state index in [2.05, 4.69) is 6.92 Å². The lowest BCUT2D eigenvalue weighted by Crippen LogP contribution is -2.41. The first-order chi connectivity index (χ1) is 7.89. The van der Waals surface area contributed by atoms with Gasteiger partial charge in [-0.1, -0.05) is 13.3 Å². The molecule has 0 aromatic rings. The van der Waals surface area contributed by atoms with E-state index in [-0.39, 0.29) is 12.1 Å². The molecule has 1 aliphatic heterocycles. The molecular formula is C13H23NO3. The molecule has 17 heavy (non-hydrogen) atoms. The first kappa shape index (κ1) is 14.0. The molecule has 0 saturated carbocycles. The van der Waals surface area contributed by atoms with Crippen LogP contribution < -0.4 is 0 Å². The highest BCUT2D eigenvalue weighted by Crippen LogP contribution is 2.30. The maximum absolute atomic E-state index is 12.0. The van der Waals surface area contributed by atoms with Crippen LogP contribution in [0.15, 0.2) is 0 Å². The zero-order chi connectivity index (χ0) is 13.1. The van der Waals surface area contributed by atoms with E-state index < -0.39 is 5.60 Å². The van der Waals surface area contributed by atoms with E-state index in [1.807, 2.05) is 20.8 Å². The Kier molecular flexibility index (Phi) is 4.54. The average Bonchev–Trinajstić information content (AvgIpc) is 2.59. The minimum absolute atomic E-state index is 0.0207. The summed E-state index contributed by atoms with van der Waals surface area (Å²) in [4.78, 5) is 24.4. The maximum Gasteiger partial charge on any atom is 0.410 e. The number of hydrogen-bond acceptors (Lipinski definition) is 3. The second kappa shape index (κ2) is 5.52. The number of ether oxygens (including phenoxy) is 1. The third-order valence-corrected chi connectivity index (χ3v) is 3.18. The highest BCUT2D eigenvalue weighted by atomic mass is 16.6. The molecule has 4 nitrogen and oxygen atoms in total. The van der Waals surface area contributed by atoms with Gasteiger partial charge in [-0.2, -0.15) is 0 Å². The van der Waals surface area contributed by atoms with Crippen LogP contribution in [0.2, 0.25) is 0 Å². The van der Waals surface area contributed by atoms with Gasteiger partial charge < -0.3 is 14.4 Å². The highest BCUT2D eigenvalue weighted by Gasteiger charge is 2.37. The fraction of sp³-hybridized carbons (Fsp3) is 0.846. The van der Waals surface area contributed by atoms with Gasteiger partial charge in [-0.15, -0.1) is 0 Å². The predicted octanol–water partition coefficient (Wildman–Crippen LogP) is 2.61. The van der Waals surface area contributed by atoms with Gasteiger partial charge in [-0.25, -0.2) is 4.79 Å². The molecule has 0 spiro atoms. The van der Waals surface area contributed by atoms with Crippen LogP contribution >= 0.6 is 0 Å². The Balaban J connectivity index is 2.69. The standard InChI is InChI=1S/C13H23NO3/c1-5-10-6-8-14(11(10)7-9-15)12(16)17-13(2,3)4/h9-11H,5-8H2,1-4H3/t10-,11+/m1/s1. The summed E-state index contributed by atoms with van der Waals surface area (Å²) in [6.07, 6.45) is 2.99. The summed E-state index contributed by atoms with van der Waals surface area (Å²) in [6, 6.07) is 0.0207. The van der Waals surface area contributed by atoms with Crippen LogP contribution in [0.3, 0.4) is 0 Å². The van der Waals surface area contributed by atoms with Crippen molar-refractivity contribution in [2.45, 2.75) is 58.6 Å². The predicted molar refractivity (Wildman–Crippen MR) is 65.8 cm³/mol. The largest absolute Gasteiger partial charge is 0.444 e. The number of carbonyl (C=O) groups is 2. The van der Waals surface area contributed by atoms with Gasteiger partial charge in [0.2, 0.25) is 0 Å². The molecule has 2 atom stereocenters. The van der Waals surface area contributed by atoms with Gasteiger partial charge >= 0.3 is 6.09 Å². The highest BCUT2D eigenvalue weighted by molar-refractivity contribution is 5.69. The maximum atomic E-state index is 12.0. The van der Waals surface area contributed by atoms with Crippen molar-refractivity contribution < 1.29 is 14.3 Å². The normalized spacial score (nSPS) is 24.8. The Morgan fingerprint density at radius 1 is 1.47 bits per heavy atom. The Labute approximate surface area is 103 Å². The summed E-state index contributed by atoms with van der Waals surface area (Å²) in [5, 5.41) is 0. The van der Waals surface area contributed by atoms with Gasteiger partial charge in [0.25, 0.3) is 0 Å².